The van der Waals surface area contributed by atoms with Crippen LogP contribution in [0, 0.1) is 6.92 Å². The molecule has 4 N–H and O–H groups in total. The number of aliphatic carboxylic acids is 3. The number of hydrogen-bond acceptors (Lipinski definition) is 8. The van der Waals surface area contributed by atoms with Gasteiger partial charge in [-0.15, -0.1) is 11.3 Å². The minimum absolute atomic E-state index is 0.939. The molecule has 2 heterocycles. The molecule has 0 radical (unpaired) electrons. The van der Waals surface area contributed by atoms with E-state index in [1.165, 1.54) is 16.1 Å². The van der Waals surface area contributed by atoms with Gasteiger partial charge in [-0.25, -0.2) is 4.79 Å². The lowest BCUT2D eigenvalue weighted by Crippen LogP contribution is -2.42. The summed E-state index contributed by atoms with van der Waals surface area (Å²) in [5, 5.41) is 40.4. The molecule has 34 heavy (non-hydrogen) atoms. The van der Waals surface area contributed by atoms with Crippen LogP contribution in [0.2, 0.25) is 0 Å². The summed E-state index contributed by atoms with van der Waals surface area (Å²) in [7, 11) is 4.26. The zero-order valence-electron chi connectivity index (χ0n) is 20.0. The fourth-order valence-corrected chi connectivity index (χ4v) is 3.84. The normalized spacial score (nSPS) is 11.4. The van der Waals surface area contributed by atoms with Crippen molar-refractivity contribution in [2.75, 3.05) is 27.2 Å². The molecule has 0 atom stereocenters. The van der Waals surface area contributed by atoms with Crippen molar-refractivity contribution in [1.82, 2.24) is 19.6 Å². The zero-order valence-corrected chi connectivity index (χ0v) is 20.8. The number of aromatic nitrogens is 2. The number of aliphatic hydroxyl groups is 1. The molecular formula is C22H34N4O7S. The average Bonchev–Trinajstić information content (AvgIpc) is 3.35. The quantitative estimate of drug-likeness (QED) is 0.320. The van der Waals surface area contributed by atoms with Crippen molar-refractivity contribution in [1.29, 1.82) is 0 Å². The number of rotatable bonds is 13. The highest BCUT2D eigenvalue weighted by molar-refractivity contribution is 7.09. The van der Waals surface area contributed by atoms with Gasteiger partial charge in [0.1, 0.15) is 0 Å². The van der Waals surface area contributed by atoms with E-state index in [2.05, 4.69) is 65.0 Å². The number of thiophene rings is 1. The first-order valence-electron chi connectivity index (χ1n) is 10.7. The third-order valence-corrected chi connectivity index (χ3v) is 5.87. The summed E-state index contributed by atoms with van der Waals surface area (Å²) in [5.74, 6) is -5.02. The first-order valence-corrected chi connectivity index (χ1v) is 11.6. The second-order valence-corrected chi connectivity index (χ2v) is 9.17. The first-order chi connectivity index (χ1) is 15.9. The lowest BCUT2D eigenvalue weighted by atomic mass is 9.96. The monoisotopic (exact) mass is 498 g/mol. The molecule has 2 aromatic heterocycles. The highest BCUT2D eigenvalue weighted by atomic mass is 32.1. The average molecular weight is 499 g/mol. The van der Waals surface area contributed by atoms with Gasteiger partial charge in [0.15, 0.2) is 5.60 Å². The van der Waals surface area contributed by atoms with Gasteiger partial charge < -0.3 is 25.3 Å². The number of carboxylic acid groups (broad SMARTS) is 3. The zero-order chi connectivity index (χ0) is 25.9. The van der Waals surface area contributed by atoms with E-state index in [0.717, 1.165) is 32.7 Å². The SMILES string of the molecule is CCn1ncc(CN(CCN(C)C)Cc2cccs2)c1C.O=C(O)CC(O)(CC(=O)O)C(=O)O. The predicted molar refractivity (Wildman–Crippen MR) is 127 cm³/mol. The smallest absolute Gasteiger partial charge is 0.336 e. The molecule has 0 aliphatic heterocycles. The molecule has 0 fully saturated rings. The number of hydrogen-bond donors (Lipinski definition) is 4. The Kier molecular flexibility index (Phi) is 11.9. The largest absolute Gasteiger partial charge is 0.481 e. The molecule has 0 aliphatic rings. The van der Waals surface area contributed by atoms with Gasteiger partial charge in [-0.05, 0) is 39.4 Å². The Hall–Kier alpha value is -2.80. The van der Waals surface area contributed by atoms with Crippen molar-refractivity contribution >= 4 is 29.2 Å². The minimum atomic E-state index is -2.74. The molecule has 0 aliphatic carbocycles. The number of likely N-dealkylation sites (N-methyl/N-ethyl adjacent to an activating group) is 1. The van der Waals surface area contributed by atoms with Crippen LogP contribution >= 0.6 is 11.3 Å². The first kappa shape index (κ1) is 29.2. The van der Waals surface area contributed by atoms with Crippen LogP contribution in [-0.4, -0.2) is 90.7 Å². The number of carboxylic acids is 3. The third-order valence-electron chi connectivity index (χ3n) is 5.01. The van der Waals surface area contributed by atoms with Crippen molar-refractivity contribution in [3.63, 3.8) is 0 Å². The van der Waals surface area contributed by atoms with E-state index in [1.807, 2.05) is 17.5 Å². The maximum Gasteiger partial charge on any atom is 0.336 e. The van der Waals surface area contributed by atoms with Crippen LogP contribution in [0.25, 0.3) is 0 Å². The topological polar surface area (TPSA) is 156 Å². The number of carbonyl (C=O) groups is 3. The van der Waals surface area contributed by atoms with E-state index in [4.69, 9.17) is 20.4 Å². The Morgan fingerprint density at radius 2 is 1.71 bits per heavy atom. The molecule has 11 nitrogen and oxygen atoms in total. The second kappa shape index (κ2) is 13.8. The maximum atomic E-state index is 10.3. The van der Waals surface area contributed by atoms with E-state index >= 15 is 0 Å². The van der Waals surface area contributed by atoms with Crippen LogP contribution in [0.3, 0.4) is 0 Å². The summed E-state index contributed by atoms with van der Waals surface area (Å²) in [6, 6.07) is 4.35. The lowest BCUT2D eigenvalue weighted by Gasteiger charge is -2.23. The molecule has 12 heteroatoms. The highest BCUT2D eigenvalue weighted by Gasteiger charge is 2.40. The van der Waals surface area contributed by atoms with Gasteiger partial charge in [0, 0.05) is 48.9 Å². The van der Waals surface area contributed by atoms with Crippen LogP contribution < -0.4 is 0 Å². The van der Waals surface area contributed by atoms with E-state index in [0.29, 0.717) is 0 Å². The molecular weight excluding hydrogens is 464 g/mol. The summed E-state index contributed by atoms with van der Waals surface area (Å²) < 4.78 is 2.07. The Morgan fingerprint density at radius 3 is 2.12 bits per heavy atom. The van der Waals surface area contributed by atoms with Crippen molar-refractivity contribution < 1.29 is 34.8 Å². The van der Waals surface area contributed by atoms with Gasteiger partial charge in [-0.2, -0.15) is 5.10 Å². The van der Waals surface area contributed by atoms with Crippen molar-refractivity contribution in [2.24, 2.45) is 0 Å². The molecule has 0 unspecified atom stereocenters. The maximum absolute atomic E-state index is 10.3. The summed E-state index contributed by atoms with van der Waals surface area (Å²) in [5.41, 5.74) is -0.108. The molecule has 190 valence electrons. The minimum Gasteiger partial charge on any atom is -0.481 e. The fraction of sp³-hybridized carbons (Fsp3) is 0.545. The van der Waals surface area contributed by atoms with E-state index in [9.17, 15) is 14.4 Å². The van der Waals surface area contributed by atoms with Gasteiger partial charge >= 0.3 is 17.9 Å². The molecule has 0 aromatic carbocycles. The molecule has 2 rings (SSSR count). The molecule has 2 aromatic rings. The Labute approximate surface area is 202 Å². The second-order valence-electron chi connectivity index (χ2n) is 8.14. The molecule has 0 saturated heterocycles. The van der Waals surface area contributed by atoms with Crippen LogP contribution in [0.1, 0.15) is 35.9 Å². The summed E-state index contributed by atoms with van der Waals surface area (Å²) in [6.07, 6.45) is -0.265. The van der Waals surface area contributed by atoms with Gasteiger partial charge in [0.25, 0.3) is 0 Å². The van der Waals surface area contributed by atoms with Crippen molar-refractivity contribution in [3.8, 4) is 0 Å². The van der Waals surface area contributed by atoms with Gasteiger partial charge in [-0.1, -0.05) is 6.07 Å². The van der Waals surface area contributed by atoms with Crippen molar-refractivity contribution in [3.05, 3.63) is 39.8 Å². The molecule has 0 saturated carbocycles. The van der Waals surface area contributed by atoms with E-state index < -0.39 is 36.4 Å². The third kappa shape index (κ3) is 10.00. The predicted octanol–water partition coefficient (Wildman–Crippen LogP) is 1.59. The standard InChI is InChI=1S/C16H26N4S.C6H8O7/c1-5-20-14(2)15(11-17-20)12-19(9-8-18(3)4)13-16-7-6-10-21-16;7-3(8)1-6(13,5(11)12)2-4(9)10/h6-7,10-11H,5,8-9,12-13H2,1-4H3;13H,1-2H2,(H,7,8)(H,9,10)(H,11,12). The van der Waals surface area contributed by atoms with Gasteiger partial charge in [0.2, 0.25) is 0 Å². The summed E-state index contributed by atoms with van der Waals surface area (Å²) >= 11 is 1.83. The Bertz CT molecular complexity index is 912. The van der Waals surface area contributed by atoms with Gasteiger partial charge in [0.05, 0.1) is 19.0 Å². The van der Waals surface area contributed by atoms with Gasteiger partial charge in [-0.3, -0.25) is 19.2 Å². The molecule has 0 spiro atoms. The summed E-state index contributed by atoms with van der Waals surface area (Å²) in [4.78, 5) is 36.7. The Balaban J connectivity index is 0.000000385. The van der Waals surface area contributed by atoms with Crippen molar-refractivity contribution in [2.45, 2.75) is 51.9 Å². The molecule has 0 amide bonds. The van der Waals surface area contributed by atoms with Crippen LogP contribution in [0.4, 0.5) is 0 Å². The Morgan fingerprint density at radius 1 is 1.09 bits per heavy atom. The van der Waals surface area contributed by atoms with E-state index in [-0.39, 0.29) is 0 Å². The number of aryl methyl sites for hydroxylation is 1. The number of nitrogens with zero attached hydrogens (tertiary/aromatic N) is 4. The summed E-state index contributed by atoms with van der Waals surface area (Å²) in [6.45, 7) is 9.38. The van der Waals surface area contributed by atoms with E-state index in [1.54, 1.807) is 0 Å². The highest BCUT2D eigenvalue weighted by Crippen LogP contribution is 2.17. The van der Waals surface area contributed by atoms with Crippen LogP contribution in [0.15, 0.2) is 23.7 Å². The fourth-order valence-electron chi connectivity index (χ4n) is 3.09. The molecule has 0 bridgehead atoms. The van der Waals surface area contributed by atoms with Crippen LogP contribution in [0.5, 0.6) is 0 Å². The lowest BCUT2D eigenvalue weighted by molar-refractivity contribution is -0.170. The van der Waals surface area contributed by atoms with Crippen LogP contribution in [-0.2, 0) is 34.0 Å².